The molecule has 1 heterocycles. The topological polar surface area (TPSA) is 49.8 Å². The molecule has 1 aromatic carbocycles. The first-order valence-corrected chi connectivity index (χ1v) is 7.47. The van der Waals surface area contributed by atoms with Crippen LogP contribution in [0.4, 0.5) is 4.79 Å². The molecule has 0 atom stereocenters. The summed E-state index contributed by atoms with van der Waals surface area (Å²) in [5, 5.41) is 9.86. The van der Waals surface area contributed by atoms with Gasteiger partial charge in [-0.1, -0.05) is 17.7 Å². The monoisotopic (exact) mass is 311 g/mol. The van der Waals surface area contributed by atoms with Gasteiger partial charge in [0.2, 0.25) is 0 Å². The van der Waals surface area contributed by atoms with Crippen molar-refractivity contribution in [3.8, 4) is 0 Å². The Bertz CT molecular complexity index is 522. The molecule has 0 aromatic heterocycles. The summed E-state index contributed by atoms with van der Waals surface area (Å²) in [4.78, 5) is 13.6. The second-order valence-corrected chi connectivity index (χ2v) is 6.95. The van der Waals surface area contributed by atoms with Crippen molar-refractivity contribution in [3.63, 3.8) is 0 Å². The van der Waals surface area contributed by atoms with Crippen LogP contribution in [0.2, 0.25) is 5.02 Å². The lowest BCUT2D eigenvalue weighted by atomic mass is 9.89. The number of aliphatic hydroxyl groups excluding tert-OH is 1. The summed E-state index contributed by atoms with van der Waals surface area (Å²) in [6.45, 7) is 8.74. The first kappa shape index (κ1) is 16.1. The van der Waals surface area contributed by atoms with Gasteiger partial charge in [0.1, 0.15) is 5.60 Å². The van der Waals surface area contributed by atoms with E-state index in [1.807, 2.05) is 39.8 Å². The van der Waals surface area contributed by atoms with E-state index in [9.17, 15) is 9.90 Å². The van der Waals surface area contributed by atoms with E-state index < -0.39 is 5.60 Å². The molecule has 1 saturated heterocycles. The van der Waals surface area contributed by atoms with Crippen LogP contribution in [0, 0.1) is 6.92 Å². The first-order chi connectivity index (χ1) is 9.71. The van der Waals surface area contributed by atoms with Crippen molar-refractivity contribution in [2.45, 2.75) is 45.8 Å². The van der Waals surface area contributed by atoms with Crippen LogP contribution >= 0.6 is 11.6 Å². The maximum Gasteiger partial charge on any atom is 0.410 e. The second-order valence-electron chi connectivity index (χ2n) is 6.54. The van der Waals surface area contributed by atoms with Gasteiger partial charge in [-0.3, -0.25) is 0 Å². The predicted octanol–water partition coefficient (Wildman–Crippen LogP) is 3.48. The van der Waals surface area contributed by atoms with E-state index in [1.54, 1.807) is 4.90 Å². The zero-order chi connectivity index (χ0) is 15.8. The second kappa shape index (κ2) is 5.85. The highest BCUT2D eigenvalue weighted by atomic mass is 35.5. The summed E-state index contributed by atoms with van der Waals surface area (Å²) in [5.74, 6) is 0.279. The van der Waals surface area contributed by atoms with Gasteiger partial charge in [-0.25, -0.2) is 4.79 Å². The van der Waals surface area contributed by atoms with Gasteiger partial charge >= 0.3 is 6.09 Å². The lowest BCUT2D eigenvalue weighted by Gasteiger charge is -2.40. The smallest absolute Gasteiger partial charge is 0.410 e. The Morgan fingerprint density at radius 1 is 1.43 bits per heavy atom. The molecule has 5 heteroatoms. The largest absolute Gasteiger partial charge is 0.444 e. The van der Waals surface area contributed by atoms with E-state index in [1.165, 1.54) is 0 Å². The van der Waals surface area contributed by atoms with Crippen molar-refractivity contribution in [1.29, 1.82) is 0 Å². The fourth-order valence-corrected chi connectivity index (χ4v) is 2.74. The van der Waals surface area contributed by atoms with Crippen LogP contribution in [-0.4, -0.2) is 34.8 Å². The molecular weight excluding hydrogens is 290 g/mol. The van der Waals surface area contributed by atoms with Crippen molar-refractivity contribution in [1.82, 2.24) is 4.90 Å². The highest BCUT2D eigenvalue weighted by Gasteiger charge is 2.34. The highest BCUT2D eigenvalue weighted by molar-refractivity contribution is 6.31. The molecule has 1 aliphatic rings. The number of hydrogen-bond donors (Lipinski definition) is 1. The van der Waals surface area contributed by atoms with Crippen LogP contribution in [0.15, 0.2) is 12.1 Å². The van der Waals surface area contributed by atoms with Gasteiger partial charge in [-0.2, -0.15) is 0 Å². The van der Waals surface area contributed by atoms with E-state index in [4.69, 9.17) is 16.3 Å². The van der Waals surface area contributed by atoms with Gasteiger partial charge < -0.3 is 14.7 Å². The molecule has 21 heavy (non-hydrogen) atoms. The van der Waals surface area contributed by atoms with Crippen molar-refractivity contribution in [2.75, 3.05) is 13.1 Å². The number of amides is 1. The van der Waals surface area contributed by atoms with Crippen molar-refractivity contribution in [2.24, 2.45) is 0 Å². The Labute approximate surface area is 130 Å². The van der Waals surface area contributed by atoms with Crippen LogP contribution in [0.25, 0.3) is 0 Å². The minimum absolute atomic E-state index is 0.0559. The van der Waals surface area contributed by atoms with E-state index in [2.05, 4.69) is 0 Å². The molecule has 0 aliphatic carbocycles. The average Bonchev–Trinajstić information content (AvgIpc) is 2.23. The summed E-state index contributed by atoms with van der Waals surface area (Å²) >= 11 is 6.18. The number of hydrogen-bond acceptors (Lipinski definition) is 3. The molecule has 0 radical (unpaired) electrons. The Morgan fingerprint density at radius 3 is 2.52 bits per heavy atom. The van der Waals surface area contributed by atoms with Crippen molar-refractivity contribution >= 4 is 17.7 Å². The number of halogens is 1. The molecular formula is C16H22ClNO3. The van der Waals surface area contributed by atoms with Crippen LogP contribution in [0.3, 0.4) is 0 Å². The predicted molar refractivity (Wildman–Crippen MR) is 82.7 cm³/mol. The van der Waals surface area contributed by atoms with Crippen LogP contribution in [-0.2, 0) is 11.3 Å². The van der Waals surface area contributed by atoms with E-state index in [-0.39, 0.29) is 18.6 Å². The summed E-state index contributed by atoms with van der Waals surface area (Å²) < 4.78 is 5.34. The first-order valence-electron chi connectivity index (χ1n) is 7.09. The minimum Gasteiger partial charge on any atom is -0.444 e. The van der Waals surface area contributed by atoms with Gasteiger partial charge in [0.15, 0.2) is 0 Å². The van der Waals surface area contributed by atoms with Gasteiger partial charge in [-0.05, 0) is 50.5 Å². The number of nitrogens with zero attached hydrogens (tertiary/aromatic N) is 1. The average molecular weight is 312 g/mol. The number of benzene rings is 1. The summed E-state index contributed by atoms with van der Waals surface area (Å²) in [6, 6.07) is 3.92. The highest BCUT2D eigenvalue weighted by Crippen LogP contribution is 2.32. The number of likely N-dealkylation sites (tertiary alicyclic amines) is 1. The molecule has 1 aliphatic heterocycles. The number of aliphatic hydroxyl groups is 1. The van der Waals surface area contributed by atoms with Gasteiger partial charge in [0, 0.05) is 24.0 Å². The fourth-order valence-electron chi connectivity index (χ4n) is 2.40. The van der Waals surface area contributed by atoms with Gasteiger partial charge in [0.05, 0.1) is 6.61 Å². The molecule has 1 fully saturated rings. The Morgan fingerprint density at radius 2 is 2.05 bits per heavy atom. The Hall–Kier alpha value is -1.26. The molecule has 4 nitrogen and oxygen atoms in total. The molecule has 2 rings (SSSR count). The van der Waals surface area contributed by atoms with Crippen LogP contribution < -0.4 is 0 Å². The normalized spacial score (nSPS) is 15.8. The zero-order valence-electron chi connectivity index (χ0n) is 12.9. The Balaban J connectivity index is 2.00. The molecule has 1 N–H and O–H groups in total. The third-order valence-corrected chi connectivity index (χ3v) is 3.94. The lowest BCUT2D eigenvalue weighted by molar-refractivity contribution is 0.00819. The maximum absolute atomic E-state index is 11.9. The molecule has 1 amide bonds. The molecule has 0 unspecified atom stereocenters. The standard InChI is InChI=1S/C16H22ClNO3/c1-10-5-11(6-14(17)13(10)9-19)12-7-18(8-12)15(20)21-16(2,3)4/h5-6,12,19H,7-9H2,1-4H3. The lowest BCUT2D eigenvalue weighted by Crippen LogP contribution is -2.50. The van der Waals surface area contributed by atoms with Gasteiger partial charge in [-0.15, -0.1) is 0 Å². The number of carbonyl (C=O) groups excluding carboxylic acids is 1. The third kappa shape index (κ3) is 3.69. The summed E-state index contributed by atoms with van der Waals surface area (Å²) in [5.41, 5.74) is 2.39. The number of ether oxygens (including phenoxy) is 1. The molecule has 1 aromatic rings. The Kier molecular flexibility index (Phi) is 4.49. The van der Waals surface area contributed by atoms with E-state index in [0.29, 0.717) is 18.1 Å². The fraction of sp³-hybridized carbons (Fsp3) is 0.562. The summed E-state index contributed by atoms with van der Waals surface area (Å²) in [6.07, 6.45) is -0.270. The third-order valence-electron chi connectivity index (χ3n) is 3.60. The summed E-state index contributed by atoms with van der Waals surface area (Å²) in [7, 11) is 0. The molecule has 0 saturated carbocycles. The van der Waals surface area contributed by atoms with Gasteiger partial charge in [0.25, 0.3) is 0 Å². The number of aryl methyl sites for hydroxylation is 1. The zero-order valence-corrected chi connectivity index (χ0v) is 13.7. The van der Waals surface area contributed by atoms with E-state index in [0.717, 1.165) is 16.7 Å². The number of rotatable bonds is 2. The maximum atomic E-state index is 11.9. The van der Waals surface area contributed by atoms with Crippen molar-refractivity contribution < 1.29 is 14.6 Å². The minimum atomic E-state index is -0.467. The van der Waals surface area contributed by atoms with Crippen LogP contribution in [0.5, 0.6) is 0 Å². The SMILES string of the molecule is Cc1cc(C2CN(C(=O)OC(C)(C)C)C2)cc(Cl)c1CO. The number of carbonyl (C=O) groups is 1. The van der Waals surface area contributed by atoms with Crippen LogP contribution in [0.1, 0.15) is 43.4 Å². The van der Waals surface area contributed by atoms with E-state index >= 15 is 0 Å². The molecule has 0 bridgehead atoms. The van der Waals surface area contributed by atoms with Crippen molar-refractivity contribution in [3.05, 3.63) is 33.8 Å². The quantitative estimate of drug-likeness (QED) is 0.909. The molecule has 0 spiro atoms. The molecule has 116 valence electrons.